The molecule has 5 nitrogen and oxygen atoms in total. The summed E-state index contributed by atoms with van der Waals surface area (Å²) in [5.74, 6) is -1.79. The van der Waals surface area contributed by atoms with Gasteiger partial charge in [0, 0.05) is 13.1 Å². The molecule has 1 rings (SSSR count). The number of carboxylic acid groups (broad SMARTS) is 1. The minimum Gasteiger partial charge on any atom is -0.481 e. The normalized spacial score (nSPS) is 23.1. The number of hydrogen-bond donors (Lipinski definition) is 2. The molecule has 2 N–H and O–H groups in total. The molecule has 2 unspecified atom stereocenters. The molecule has 98 valence electrons. The number of nitrogens with one attached hydrogen (secondary N) is 1. The summed E-state index contributed by atoms with van der Waals surface area (Å²) >= 11 is 0. The fourth-order valence-electron chi connectivity index (χ4n) is 2.17. The fourth-order valence-corrected chi connectivity index (χ4v) is 2.17. The molecular formula is C12H22N2O3. The van der Waals surface area contributed by atoms with Gasteiger partial charge in [0.25, 0.3) is 0 Å². The Balaban J connectivity index is 2.19. The molecule has 0 spiro atoms. The van der Waals surface area contributed by atoms with Gasteiger partial charge in [-0.05, 0) is 45.7 Å². The zero-order valence-electron chi connectivity index (χ0n) is 10.6. The highest BCUT2D eigenvalue weighted by Crippen LogP contribution is 2.17. The minimum atomic E-state index is -1.07. The van der Waals surface area contributed by atoms with Crippen molar-refractivity contribution in [3.63, 3.8) is 0 Å². The Morgan fingerprint density at radius 2 is 2.24 bits per heavy atom. The molecule has 1 aliphatic heterocycles. The maximum Gasteiger partial charge on any atom is 0.315 e. The summed E-state index contributed by atoms with van der Waals surface area (Å²) in [7, 11) is 2.11. The van der Waals surface area contributed by atoms with Crippen LogP contribution in [0.3, 0.4) is 0 Å². The van der Waals surface area contributed by atoms with Gasteiger partial charge in [-0.3, -0.25) is 9.59 Å². The van der Waals surface area contributed by atoms with Gasteiger partial charge in [0.2, 0.25) is 5.91 Å². The zero-order chi connectivity index (χ0) is 12.8. The third-order valence-electron chi connectivity index (χ3n) is 3.34. The molecule has 1 fully saturated rings. The first kappa shape index (κ1) is 14.0. The molecule has 0 radical (unpaired) electrons. The molecule has 5 heteroatoms. The van der Waals surface area contributed by atoms with Gasteiger partial charge < -0.3 is 15.3 Å². The van der Waals surface area contributed by atoms with Gasteiger partial charge in [-0.1, -0.05) is 0 Å². The molecule has 0 saturated carbocycles. The smallest absolute Gasteiger partial charge is 0.315 e. The number of piperidine rings is 1. The SMILES string of the molecule is CC(C(=O)O)C(=O)NCCC1CCCN(C)C1. The van der Waals surface area contributed by atoms with Crippen LogP contribution in [0.2, 0.25) is 0 Å². The molecule has 17 heavy (non-hydrogen) atoms. The van der Waals surface area contributed by atoms with Gasteiger partial charge in [0.1, 0.15) is 5.92 Å². The van der Waals surface area contributed by atoms with Crippen molar-refractivity contribution in [2.75, 3.05) is 26.7 Å². The lowest BCUT2D eigenvalue weighted by atomic mass is 9.95. The van der Waals surface area contributed by atoms with E-state index in [1.807, 2.05) is 0 Å². The molecule has 1 amide bonds. The van der Waals surface area contributed by atoms with E-state index in [-0.39, 0.29) is 5.91 Å². The summed E-state index contributed by atoms with van der Waals surface area (Å²) in [5, 5.41) is 11.4. The van der Waals surface area contributed by atoms with Crippen LogP contribution in [0.25, 0.3) is 0 Å². The summed E-state index contributed by atoms with van der Waals surface area (Å²) in [6, 6.07) is 0. The first-order valence-corrected chi connectivity index (χ1v) is 6.19. The Kier molecular flexibility index (Phi) is 5.41. The highest BCUT2D eigenvalue weighted by molar-refractivity contribution is 5.96. The van der Waals surface area contributed by atoms with Gasteiger partial charge in [-0.2, -0.15) is 0 Å². The predicted octanol–water partition coefficient (Wildman–Crippen LogP) is 0.555. The third kappa shape index (κ3) is 4.73. The number of rotatable bonds is 5. The van der Waals surface area contributed by atoms with E-state index >= 15 is 0 Å². The highest BCUT2D eigenvalue weighted by Gasteiger charge is 2.21. The molecule has 1 saturated heterocycles. The Morgan fingerprint density at radius 3 is 2.82 bits per heavy atom. The fraction of sp³-hybridized carbons (Fsp3) is 0.833. The van der Waals surface area contributed by atoms with Gasteiger partial charge >= 0.3 is 5.97 Å². The van der Waals surface area contributed by atoms with Crippen molar-refractivity contribution in [3.8, 4) is 0 Å². The second-order valence-electron chi connectivity index (χ2n) is 4.91. The van der Waals surface area contributed by atoms with Crippen molar-refractivity contribution in [2.24, 2.45) is 11.8 Å². The van der Waals surface area contributed by atoms with E-state index in [1.54, 1.807) is 0 Å². The van der Waals surface area contributed by atoms with Gasteiger partial charge in [-0.15, -0.1) is 0 Å². The number of amides is 1. The Hall–Kier alpha value is -1.10. The molecule has 2 atom stereocenters. The van der Waals surface area contributed by atoms with E-state index in [4.69, 9.17) is 5.11 Å². The molecule has 1 heterocycles. The topological polar surface area (TPSA) is 69.6 Å². The number of carbonyl (C=O) groups is 2. The Morgan fingerprint density at radius 1 is 1.53 bits per heavy atom. The second-order valence-corrected chi connectivity index (χ2v) is 4.91. The summed E-state index contributed by atoms with van der Waals surface area (Å²) < 4.78 is 0. The molecule has 0 aromatic rings. The third-order valence-corrected chi connectivity index (χ3v) is 3.34. The Labute approximate surface area is 102 Å². The summed E-state index contributed by atoms with van der Waals surface area (Å²) in [5.41, 5.74) is 0. The summed E-state index contributed by atoms with van der Waals surface area (Å²) in [4.78, 5) is 24.3. The average molecular weight is 242 g/mol. The summed E-state index contributed by atoms with van der Waals surface area (Å²) in [6.45, 7) is 4.21. The van der Waals surface area contributed by atoms with Crippen LogP contribution in [-0.2, 0) is 9.59 Å². The van der Waals surface area contributed by atoms with Crippen molar-refractivity contribution in [1.82, 2.24) is 10.2 Å². The largest absolute Gasteiger partial charge is 0.481 e. The monoisotopic (exact) mass is 242 g/mol. The van der Waals surface area contributed by atoms with E-state index in [0.717, 1.165) is 19.5 Å². The number of carbonyl (C=O) groups excluding carboxylic acids is 1. The number of carboxylic acids is 1. The minimum absolute atomic E-state index is 0.387. The molecular weight excluding hydrogens is 220 g/mol. The van der Waals surface area contributed by atoms with Crippen molar-refractivity contribution in [1.29, 1.82) is 0 Å². The Bertz CT molecular complexity index is 281. The van der Waals surface area contributed by atoms with Gasteiger partial charge in [0.15, 0.2) is 0 Å². The van der Waals surface area contributed by atoms with Gasteiger partial charge in [-0.25, -0.2) is 0 Å². The molecule has 0 aromatic carbocycles. The number of aliphatic carboxylic acids is 1. The van der Waals surface area contributed by atoms with Gasteiger partial charge in [0.05, 0.1) is 0 Å². The van der Waals surface area contributed by atoms with Crippen molar-refractivity contribution >= 4 is 11.9 Å². The van der Waals surface area contributed by atoms with Crippen LogP contribution >= 0.6 is 0 Å². The van der Waals surface area contributed by atoms with E-state index in [9.17, 15) is 9.59 Å². The standard InChI is InChI=1S/C12H22N2O3/c1-9(12(16)17)11(15)13-6-5-10-4-3-7-14(2)8-10/h9-10H,3-8H2,1-2H3,(H,13,15)(H,16,17). The molecule has 1 aliphatic rings. The average Bonchev–Trinajstić information content (AvgIpc) is 2.27. The quantitative estimate of drug-likeness (QED) is 0.691. The number of nitrogens with zero attached hydrogens (tertiary/aromatic N) is 1. The number of hydrogen-bond acceptors (Lipinski definition) is 3. The maximum absolute atomic E-state index is 11.4. The lowest BCUT2D eigenvalue weighted by Gasteiger charge is -2.29. The highest BCUT2D eigenvalue weighted by atomic mass is 16.4. The maximum atomic E-state index is 11.4. The van der Waals surface area contributed by atoms with E-state index < -0.39 is 11.9 Å². The first-order valence-electron chi connectivity index (χ1n) is 6.19. The van der Waals surface area contributed by atoms with Crippen LogP contribution in [0.5, 0.6) is 0 Å². The van der Waals surface area contributed by atoms with Crippen LogP contribution in [0.15, 0.2) is 0 Å². The van der Waals surface area contributed by atoms with E-state index in [2.05, 4.69) is 17.3 Å². The van der Waals surface area contributed by atoms with Crippen molar-refractivity contribution in [2.45, 2.75) is 26.2 Å². The lowest BCUT2D eigenvalue weighted by Crippen LogP contribution is -2.37. The van der Waals surface area contributed by atoms with Crippen LogP contribution < -0.4 is 5.32 Å². The molecule has 0 aromatic heterocycles. The van der Waals surface area contributed by atoms with Crippen LogP contribution in [0.1, 0.15) is 26.2 Å². The van der Waals surface area contributed by atoms with E-state index in [1.165, 1.54) is 19.8 Å². The molecule has 0 bridgehead atoms. The second kappa shape index (κ2) is 6.59. The molecule has 0 aliphatic carbocycles. The van der Waals surface area contributed by atoms with Crippen LogP contribution in [-0.4, -0.2) is 48.6 Å². The van der Waals surface area contributed by atoms with Crippen LogP contribution in [0.4, 0.5) is 0 Å². The predicted molar refractivity (Wildman–Crippen MR) is 64.6 cm³/mol. The number of likely N-dealkylation sites (tertiary alicyclic amines) is 1. The van der Waals surface area contributed by atoms with Crippen molar-refractivity contribution in [3.05, 3.63) is 0 Å². The van der Waals surface area contributed by atoms with Crippen molar-refractivity contribution < 1.29 is 14.7 Å². The summed E-state index contributed by atoms with van der Waals surface area (Å²) in [6.07, 6.45) is 3.34. The first-order chi connectivity index (χ1) is 8.00. The zero-order valence-corrected chi connectivity index (χ0v) is 10.6. The lowest BCUT2D eigenvalue weighted by molar-refractivity contribution is -0.146. The van der Waals surface area contributed by atoms with E-state index in [0.29, 0.717) is 12.5 Å². The van der Waals surface area contributed by atoms with Crippen LogP contribution in [0, 0.1) is 11.8 Å².